The molecule has 4 heterocycles. The van der Waals surface area contributed by atoms with Crippen molar-refractivity contribution in [3.63, 3.8) is 0 Å². The molecule has 2 unspecified atom stereocenters. The van der Waals surface area contributed by atoms with Crippen LogP contribution in [0.5, 0.6) is 23.0 Å². The number of fused-ring (bicyclic) bond motifs is 2. The van der Waals surface area contributed by atoms with Gasteiger partial charge in [0.25, 0.3) is 0 Å². The van der Waals surface area contributed by atoms with Crippen molar-refractivity contribution in [2.24, 2.45) is 9.98 Å². The Balaban J connectivity index is 1.24. The number of benzene rings is 2. The molecule has 9 heteroatoms. The van der Waals surface area contributed by atoms with Crippen molar-refractivity contribution < 1.29 is 23.7 Å². The summed E-state index contributed by atoms with van der Waals surface area (Å²) in [6.45, 7) is 3.97. The van der Waals surface area contributed by atoms with Gasteiger partial charge in [-0.3, -0.25) is 9.98 Å². The molecule has 0 aliphatic carbocycles. The molecule has 2 N–H and O–H groups in total. The second kappa shape index (κ2) is 8.15. The lowest BCUT2D eigenvalue weighted by Gasteiger charge is -2.40. The van der Waals surface area contributed by atoms with Crippen molar-refractivity contribution in [1.82, 2.24) is 10.6 Å². The maximum Gasteiger partial charge on any atom is 0.222 e. The van der Waals surface area contributed by atoms with E-state index in [1.807, 2.05) is 48.5 Å². The number of rotatable bonds is 6. The Morgan fingerprint density at radius 1 is 0.697 bits per heavy atom. The fraction of sp³-hybridized carbons (Fsp3) is 0.417. The zero-order chi connectivity index (χ0) is 22.1. The number of para-hydroxylation sites is 4. The van der Waals surface area contributed by atoms with Crippen LogP contribution in [-0.4, -0.2) is 75.5 Å². The van der Waals surface area contributed by atoms with Gasteiger partial charge in [-0.05, 0) is 24.3 Å². The van der Waals surface area contributed by atoms with Crippen LogP contribution in [0.15, 0.2) is 58.5 Å². The van der Waals surface area contributed by atoms with E-state index in [9.17, 15) is 0 Å². The molecule has 0 amide bonds. The molecule has 9 nitrogen and oxygen atoms in total. The SMILES string of the molecule is c1ccc2c(c1)OCC(COCC1(C3=NCCN3)COc3ccccc3O1)(C1=NCCN1)O2. The van der Waals surface area contributed by atoms with Gasteiger partial charge >= 0.3 is 0 Å². The molecule has 0 fully saturated rings. The molecule has 0 spiro atoms. The van der Waals surface area contributed by atoms with E-state index in [2.05, 4.69) is 20.6 Å². The van der Waals surface area contributed by atoms with Gasteiger partial charge in [-0.15, -0.1) is 0 Å². The summed E-state index contributed by atoms with van der Waals surface area (Å²) in [5.41, 5.74) is -1.74. The predicted molar refractivity (Wildman–Crippen MR) is 122 cm³/mol. The molecular weight excluding hydrogens is 424 g/mol. The first kappa shape index (κ1) is 20.2. The fourth-order valence-electron chi connectivity index (χ4n) is 4.48. The van der Waals surface area contributed by atoms with E-state index in [1.165, 1.54) is 0 Å². The third kappa shape index (κ3) is 3.62. The van der Waals surface area contributed by atoms with Gasteiger partial charge in [-0.1, -0.05) is 24.3 Å². The normalized spacial score (nSPS) is 27.3. The molecule has 172 valence electrons. The molecule has 0 saturated heterocycles. The lowest BCUT2D eigenvalue weighted by Crippen LogP contribution is -2.61. The van der Waals surface area contributed by atoms with Gasteiger partial charge < -0.3 is 34.3 Å². The lowest BCUT2D eigenvalue weighted by molar-refractivity contribution is -0.0725. The van der Waals surface area contributed by atoms with Crippen molar-refractivity contribution in [2.45, 2.75) is 11.2 Å². The second-order valence-corrected chi connectivity index (χ2v) is 8.47. The summed E-state index contributed by atoms with van der Waals surface area (Å²) in [6.07, 6.45) is 0. The minimum atomic E-state index is -0.871. The van der Waals surface area contributed by atoms with Gasteiger partial charge in [0.1, 0.15) is 24.9 Å². The molecule has 6 rings (SSSR count). The van der Waals surface area contributed by atoms with Crippen LogP contribution in [0.2, 0.25) is 0 Å². The van der Waals surface area contributed by atoms with Crippen molar-refractivity contribution in [3.05, 3.63) is 48.5 Å². The summed E-state index contributed by atoms with van der Waals surface area (Å²) in [5.74, 6) is 4.27. The van der Waals surface area contributed by atoms with E-state index >= 15 is 0 Å². The standard InChI is InChI=1S/C24H26N4O5/c1-3-7-19-17(5-1)30-15-23(32-19,21-25-9-10-26-21)13-29-14-24(22-27-11-12-28-22)16-31-18-6-2-4-8-20(18)33-24/h1-8H,9-16H2,(H,25,26)(H,27,28). The molecule has 2 aromatic rings. The van der Waals surface area contributed by atoms with Crippen LogP contribution in [0.4, 0.5) is 0 Å². The van der Waals surface area contributed by atoms with Crippen molar-refractivity contribution in [2.75, 3.05) is 52.6 Å². The number of nitrogens with zero attached hydrogens (tertiary/aromatic N) is 2. The molecule has 0 bridgehead atoms. The van der Waals surface area contributed by atoms with E-state index in [4.69, 9.17) is 23.7 Å². The average Bonchev–Trinajstić information content (AvgIpc) is 3.59. The Kier molecular flexibility index (Phi) is 4.98. The van der Waals surface area contributed by atoms with Crippen LogP contribution < -0.4 is 29.6 Å². The molecule has 33 heavy (non-hydrogen) atoms. The summed E-state index contributed by atoms with van der Waals surface area (Å²) >= 11 is 0. The van der Waals surface area contributed by atoms with Crippen molar-refractivity contribution in [1.29, 1.82) is 0 Å². The van der Waals surface area contributed by atoms with Crippen LogP contribution >= 0.6 is 0 Å². The Hall–Kier alpha value is -3.46. The molecule has 0 aromatic heterocycles. The zero-order valence-electron chi connectivity index (χ0n) is 18.2. The average molecular weight is 450 g/mol. The Labute approximate surface area is 191 Å². The van der Waals surface area contributed by atoms with Gasteiger partial charge in [0.05, 0.1) is 26.3 Å². The minimum Gasteiger partial charge on any atom is -0.485 e. The largest absolute Gasteiger partial charge is 0.485 e. The van der Waals surface area contributed by atoms with Crippen LogP contribution in [0.1, 0.15) is 0 Å². The summed E-state index contributed by atoms with van der Waals surface area (Å²) in [4.78, 5) is 9.25. The minimum absolute atomic E-state index is 0.229. The van der Waals surface area contributed by atoms with Gasteiger partial charge in [0, 0.05) is 13.1 Å². The lowest BCUT2D eigenvalue weighted by atomic mass is 10.0. The fourth-order valence-corrected chi connectivity index (χ4v) is 4.48. The monoisotopic (exact) mass is 450 g/mol. The first-order valence-corrected chi connectivity index (χ1v) is 11.2. The number of hydrogen-bond donors (Lipinski definition) is 2. The summed E-state index contributed by atoms with van der Waals surface area (Å²) in [5, 5.41) is 6.67. The summed E-state index contributed by atoms with van der Waals surface area (Å²) < 4.78 is 31.3. The predicted octanol–water partition coefficient (Wildman–Crippen LogP) is 1.43. The number of ether oxygens (including phenoxy) is 5. The van der Waals surface area contributed by atoms with E-state index in [0.29, 0.717) is 49.3 Å². The highest BCUT2D eigenvalue weighted by Crippen LogP contribution is 2.38. The van der Waals surface area contributed by atoms with Crippen LogP contribution in [0, 0.1) is 0 Å². The molecule has 0 saturated carbocycles. The Morgan fingerprint density at radius 3 is 1.58 bits per heavy atom. The topological polar surface area (TPSA) is 94.9 Å². The first-order valence-electron chi connectivity index (χ1n) is 11.2. The van der Waals surface area contributed by atoms with Crippen LogP contribution in [0.25, 0.3) is 0 Å². The second-order valence-electron chi connectivity index (χ2n) is 8.47. The highest BCUT2D eigenvalue weighted by Gasteiger charge is 2.48. The van der Waals surface area contributed by atoms with Gasteiger partial charge in [0.15, 0.2) is 23.0 Å². The van der Waals surface area contributed by atoms with Crippen molar-refractivity contribution >= 4 is 11.7 Å². The molecular formula is C24H26N4O5. The van der Waals surface area contributed by atoms with Gasteiger partial charge in [-0.2, -0.15) is 0 Å². The van der Waals surface area contributed by atoms with E-state index in [-0.39, 0.29) is 13.2 Å². The maximum absolute atomic E-state index is 6.45. The summed E-state index contributed by atoms with van der Waals surface area (Å²) in [6, 6.07) is 15.3. The zero-order valence-corrected chi connectivity index (χ0v) is 18.2. The molecule has 4 aliphatic rings. The third-order valence-electron chi connectivity index (χ3n) is 6.11. The highest BCUT2D eigenvalue weighted by atomic mass is 16.6. The number of aliphatic imine (C=N–C) groups is 2. The smallest absolute Gasteiger partial charge is 0.222 e. The van der Waals surface area contributed by atoms with E-state index in [1.54, 1.807) is 0 Å². The molecule has 4 aliphatic heterocycles. The molecule has 0 radical (unpaired) electrons. The maximum atomic E-state index is 6.45. The highest BCUT2D eigenvalue weighted by molar-refractivity contribution is 5.93. The molecule has 2 aromatic carbocycles. The Bertz CT molecular complexity index is 1020. The van der Waals surface area contributed by atoms with Crippen LogP contribution in [0.3, 0.4) is 0 Å². The first-order chi connectivity index (χ1) is 16.3. The summed E-state index contributed by atoms with van der Waals surface area (Å²) in [7, 11) is 0. The molecule has 2 atom stereocenters. The number of nitrogens with one attached hydrogen (secondary N) is 2. The number of hydrogen-bond acceptors (Lipinski definition) is 9. The van der Waals surface area contributed by atoms with E-state index < -0.39 is 11.2 Å². The van der Waals surface area contributed by atoms with Crippen LogP contribution in [-0.2, 0) is 4.74 Å². The quantitative estimate of drug-likeness (QED) is 0.688. The van der Waals surface area contributed by atoms with Gasteiger partial charge in [-0.25, -0.2) is 0 Å². The number of amidine groups is 2. The van der Waals surface area contributed by atoms with Gasteiger partial charge in [0.2, 0.25) is 11.2 Å². The Morgan fingerprint density at radius 2 is 1.15 bits per heavy atom. The van der Waals surface area contributed by atoms with E-state index in [0.717, 1.165) is 24.8 Å². The van der Waals surface area contributed by atoms with Crippen molar-refractivity contribution in [3.8, 4) is 23.0 Å². The third-order valence-corrected chi connectivity index (χ3v) is 6.11.